The van der Waals surface area contributed by atoms with Crippen molar-refractivity contribution < 1.29 is 23.1 Å². The maximum atomic E-state index is 12.8. The third-order valence-corrected chi connectivity index (χ3v) is 6.22. The molecule has 1 saturated carbocycles. The molecule has 1 aromatic carbocycles. The number of carboxylic acids is 1. The van der Waals surface area contributed by atoms with Crippen molar-refractivity contribution in [2.45, 2.75) is 32.3 Å². The van der Waals surface area contributed by atoms with Crippen LogP contribution in [-0.4, -0.2) is 44.5 Å². The molecule has 3 rings (SSSR count). The maximum Gasteiger partial charge on any atom is 0.335 e. The van der Waals surface area contributed by atoms with Crippen LogP contribution in [0.4, 0.5) is 5.69 Å². The highest BCUT2D eigenvalue weighted by molar-refractivity contribution is 7.92. The van der Waals surface area contributed by atoms with Gasteiger partial charge in [-0.05, 0) is 55.9 Å². The fourth-order valence-corrected chi connectivity index (χ4v) is 4.90. The van der Waals surface area contributed by atoms with Gasteiger partial charge in [-0.15, -0.1) is 0 Å². The summed E-state index contributed by atoms with van der Waals surface area (Å²) in [5.74, 6) is -0.661. The molecule has 1 N–H and O–H groups in total. The molecule has 1 fully saturated rings. The van der Waals surface area contributed by atoms with Crippen LogP contribution in [-0.2, 0) is 21.2 Å². The van der Waals surface area contributed by atoms with E-state index in [0.717, 1.165) is 18.4 Å². The maximum absolute atomic E-state index is 12.8. The Balaban J connectivity index is 1.81. The second-order valence-electron chi connectivity index (χ2n) is 6.08. The van der Waals surface area contributed by atoms with Gasteiger partial charge in [0.2, 0.25) is 10.0 Å². The molecule has 1 aliphatic carbocycles. The molecule has 2 aliphatic rings. The van der Waals surface area contributed by atoms with Crippen molar-refractivity contribution >= 4 is 21.7 Å². The first-order valence-corrected chi connectivity index (χ1v) is 9.51. The number of anilines is 1. The Morgan fingerprint density at radius 3 is 2.78 bits per heavy atom. The van der Waals surface area contributed by atoms with Crippen molar-refractivity contribution in [2.24, 2.45) is 5.92 Å². The summed E-state index contributed by atoms with van der Waals surface area (Å²) in [5.41, 5.74) is 1.56. The van der Waals surface area contributed by atoms with E-state index in [1.165, 1.54) is 10.4 Å². The molecular weight excluding hydrogens is 318 g/mol. The standard InChI is InChI=1S/C16H21NO5S/c1-2-22-15(11-3-4-11)10-23(20,21)17-8-7-12-9-13(16(18)19)5-6-14(12)17/h5-6,9,11,15H,2-4,7-8,10H2,1H3,(H,18,19). The van der Waals surface area contributed by atoms with Gasteiger partial charge in [0.25, 0.3) is 0 Å². The van der Waals surface area contributed by atoms with Crippen molar-refractivity contribution in [1.82, 2.24) is 0 Å². The first-order valence-electron chi connectivity index (χ1n) is 7.90. The molecule has 0 radical (unpaired) electrons. The fourth-order valence-electron chi connectivity index (χ4n) is 3.09. The molecule has 1 heterocycles. The van der Waals surface area contributed by atoms with Crippen molar-refractivity contribution in [2.75, 3.05) is 23.2 Å². The van der Waals surface area contributed by atoms with Gasteiger partial charge in [0.15, 0.2) is 0 Å². The molecule has 23 heavy (non-hydrogen) atoms. The minimum atomic E-state index is -3.47. The van der Waals surface area contributed by atoms with Gasteiger partial charge in [0.05, 0.1) is 23.1 Å². The van der Waals surface area contributed by atoms with Crippen molar-refractivity contribution in [3.63, 3.8) is 0 Å². The lowest BCUT2D eigenvalue weighted by Gasteiger charge is -2.23. The Hall–Kier alpha value is -1.60. The SMILES string of the molecule is CCOC(CS(=O)(=O)N1CCc2cc(C(=O)O)ccc21)C1CC1. The zero-order valence-electron chi connectivity index (χ0n) is 13.1. The minimum Gasteiger partial charge on any atom is -0.478 e. The summed E-state index contributed by atoms with van der Waals surface area (Å²) in [6.45, 7) is 2.75. The third kappa shape index (κ3) is 3.35. The molecule has 1 aliphatic heterocycles. The van der Waals surface area contributed by atoms with Gasteiger partial charge >= 0.3 is 5.97 Å². The normalized spacial score (nSPS) is 18.7. The summed E-state index contributed by atoms with van der Waals surface area (Å²) in [7, 11) is -3.47. The number of carbonyl (C=O) groups is 1. The molecule has 0 spiro atoms. The molecule has 0 bridgehead atoms. The molecule has 0 aromatic heterocycles. The largest absolute Gasteiger partial charge is 0.478 e. The molecule has 0 saturated heterocycles. The van der Waals surface area contributed by atoms with Gasteiger partial charge < -0.3 is 9.84 Å². The average Bonchev–Trinajstić information content (AvgIpc) is 3.24. The number of carboxylic acid groups (broad SMARTS) is 1. The highest BCUT2D eigenvalue weighted by Crippen LogP contribution is 2.37. The first-order chi connectivity index (χ1) is 10.9. The van der Waals surface area contributed by atoms with Crippen LogP contribution in [0, 0.1) is 5.92 Å². The molecule has 126 valence electrons. The van der Waals surface area contributed by atoms with E-state index in [9.17, 15) is 13.2 Å². The van der Waals surface area contributed by atoms with E-state index in [1.807, 2.05) is 6.92 Å². The number of rotatable bonds is 7. The first kappa shape index (κ1) is 16.3. The van der Waals surface area contributed by atoms with Crippen LogP contribution in [0.25, 0.3) is 0 Å². The highest BCUT2D eigenvalue weighted by Gasteiger charge is 2.38. The Labute approximate surface area is 136 Å². The number of aromatic carboxylic acids is 1. The monoisotopic (exact) mass is 339 g/mol. The lowest BCUT2D eigenvalue weighted by atomic mass is 10.1. The van der Waals surface area contributed by atoms with E-state index in [-0.39, 0.29) is 17.4 Å². The summed E-state index contributed by atoms with van der Waals surface area (Å²) in [4.78, 5) is 11.0. The highest BCUT2D eigenvalue weighted by atomic mass is 32.2. The molecule has 6 nitrogen and oxygen atoms in total. The van der Waals surface area contributed by atoms with Gasteiger partial charge in [-0.25, -0.2) is 13.2 Å². The summed E-state index contributed by atoms with van der Waals surface area (Å²) in [6, 6.07) is 4.61. The molecule has 1 aromatic rings. The minimum absolute atomic E-state index is 0.00830. The molecule has 7 heteroatoms. The Kier molecular flexibility index (Phi) is 4.33. The van der Waals surface area contributed by atoms with E-state index in [4.69, 9.17) is 9.84 Å². The summed E-state index contributed by atoms with van der Waals surface area (Å²) in [6.07, 6.45) is 2.35. The van der Waals surface area contributed by atoms with Crippen LogP contribution in [0.3, 0.4) is 0 Å². The van der Waals surface area contributed by atoms with Crippen LogP contribution < -0.4 is 4.31 Å². The van der Waals surface area contributed by atoms with Crippen molar-refractivity contribution in [3.8, 4) is 0 Å². The predicted molar refractivity (Wildman–Crippen MR) is 86.4 cm³/mol. The quantitative estimate of drug-likeness (QED) is 0.820. The van der Waals surface area contributed by atoms with E-state index >= 15 is 0 Å². The Morgan fingerprint density at radius 2 is 2.17 bits per heavy atom. The lowest BCUT2D eigenvalue weighted by molar-refractivity contribution is 0.0630. The summed E-state index contributed by atoms with van der Waals surface area (Å²) in [5, 5.41) is 9.04. The molecule has 1 unspecified atom stereocenters. The Morgan fingerprint density at radius 1 is 1.43 bits per heavy atom. The van der Waals surface area contributed by atoms with E-state index in [0.29, 0.717) is 31.2 Å². The van der Waals surface area contributed by atoms with Crippen LogP contribution >= 0.6 is 0 Å². The number of sulfonamides is 1. The van der Waals surface area contributed by atoms with Crippen LogP contribution in [0.15, 0.2) is 18.2 Å². The number of benzene rings is 1. The van der Waals surface area contributed by atoms with E-state index < -0.39 is 16.0 Å². The smallest absolute Gasteiger partial charge is 0.335 e. The average molecular weight is 339 g/mol. The van der Waals surface area contributed by atoms with Crippen molar-refractivity contribution in [1.29, 1.82) is 0 Å². The second kappa shape index (κ2) is 6.13. The van der Waals surface area contributed by atoms with Crippen LogP contribution in [0.1, 0.15) is 35.7 Å². The zero-order chi connectivity index (χ0) is 16.6. The van der Waals surface area contributed by atoms with Gasteiger partial charge in [0.1, 0.15) is 0 Å². The molecular formula is C16H21NO5S. The van der Waals surface area contributed by atoms with Crippen molar-refractivity contribution in [3.05, 3.63) is 29.3 Å². The number of hydrogen-bond acceptors (Lipinski definition) is 4. The van der Waals surface area contributed by atoms with E-state index in [1.54, 1.807) is 12.1 Å². The number of nitrogens with zero attached hydrogens (tertiary/aromatic N) is 1. The number of fused-ring (bicyclic) bond motifs is 1. The number of hydrogen-bond donors (Lipinski definition) is 1. The predicted octanol–water partition coefficient (Wildman–Crippen LogP) is 1.89. The lowest BCUT2D eigenvalue weighted by Crippen LogP contribution is -2.37. The van der Waals surface area contributed by atoms with Gasteiger partial charge in [-0.2, -0.15) is 0 Å². The second-order valence-corrected chi connectivity index (χ2v) is 8.02. The number of ether oxygens (including phenoxy) is 1. The topological polar surface area (TPSA) is 83.9 Å². The zero-order valence-corrected chi connectivity index (χ0v) is 13.9. The summed E-state index contributed by atoms with van der Waals surface area (Å²) >= 11 is 0. The van der Waals surface area contributed by atoms with Crippen LogP contribution in [0.5, 0.6) is 0 Å². The third-order valence-electron chi connectivity index (χ3n) is 4.42. The van der Waals surface area contributed by atoms with Gasteiger partial charge in [-0.1, -0.05) is 0 Å². The Bertz CT molecular complexity index is 711. The van der Waals surface area contributed by atoms with Gasteiger partial charge in [-0.3, -0.25) is 4.31 Å². The molecule has 1 atom stereocenters. The van der Waals surface area contributed by atoms with Gasteiger partial charge in [0, 0.05) is 13.2 Å². The fraction of sp³-hybridized carbons (Fsp3) is 0.562. The summed E-state index contributed by atoms with van der Waals surface area (Å²) < 4.78 is 32.5. The molecule has 0 amide bonds. The van der Waals surface area contributed by atoms with E-state index in [2.05, 4.69) is 0 Å². The van der Waals surface area contributed by atoms with Crippen LogP contribution in [0.2, 0.25) is 0 Å².